The lowest BCUT2D eigenvalue weighted by Crippen LogP contribution is -2.45. The highest BCUT2D eigenvalue weighted by molar-refractivity contribution is 6.31. The van der Waals surface area contributed by atoms with Gasteiger partial charge in [0.1, 0.15) is 17.2 Å². The Hall–Kier alpha value is -3.82. The van der Waals surface area contributed by atoms with Gasteiger partial charge in [-0.2, -0.15) is 0 Å². The summed E-state index contributed by atoms with van der Waals surface area (Å²) in [6, 6.07) is 15.4. The standard InChI is InChI=1S/C28H28ClF2N5O2/c1-4-23(35(15-14-32)28(38)24-21(30)13-10-17(2)25(24)31)26-33-22-16-18(29)11-12-20(22)27(37)36(26)34(3)19-8-6-5-7-9-19/h5-13,16,23H,4,14-15,32H2,1-3H3. The molecule has 0 radical (unpaired) electrons. The van der Waals surface area contributed by atoms with Gasteiger partial charge in [-0.15, -0.1) is 0 Å². The molecule has 1 amide bonds. The normalized spacial score (nSPS) is 12.0. The number of carbonyl (C=O) groups is 1. The highest BCUT2D eigenvalue weighted by Crippen LogP contribution is 2.29. The van der Waals surface area contributed by atoms with Crippen molar-refractivity contribution in [3.05, 3.63) is 105 Å². The first-order valence-corrected chi connectivity index (χ1v) is 12.5. The lowest BCUT2D eigenvalue weighted by atomic mass is 10.1. The third-order valence-corrected chi connectivity index (χ3v) is 6.69. The highest BCUT2D eigenvalue weighted by Gasteiger charge is 2.33. The highest BCUT2D eigenvalue weighted by atomic mass is 35.5. The average molecular weight is 540 g/mol. The molecule has 1 heterocycles. The van der Waals surface area contributed by atoms with Crippen molar-refractivity contribution >= 4 is 34.1 Å². The molecule has 0 aliphatic rings. The number of halogens is 3. The number of benzene rings is 3. The summed E-state index contributed by atoms with van der Waals surface area (Å²) in [4.78, 5) is 33.6. The van der Waals surface area contributed by atoms with E-state index in [1.807, 2.05) is 30.3 Å². The summed E-state index contributed by atoms with van der Waals surface area (Å²) in [5, 5.41) is 2.33. The monoisotopic (exact) mass is 539 g/mol. The third-order valence-electron chi connectivity index (χ3n) is 6.45. The number of hydrogen-bond acceptors (Lipinski definition) is 5. The molecule has 4 rings (SSSR count). The van der Waals surface area contributed by atoms with E-state index in [0.717, 1.165) is 6.07 Å². The van der Waals surface area contributed by atoms with Crippen molar-refractivity contribution in [1.82, 2.24) is 14.6 Å². The van der Waals surface area contributed by atoms with Gasteiger partial charge in [-0.25, -0.2) is 18.4 Å². The van der Waals surface area contributed by atoms with Crippen LogP contribution in [0.5, 0.6) is 0 Å². The molecule has 1 atom stereocenters. The van der Waals surface area contributed by atoms with Crippen molar-refractivity contribution in [1.29, 1.82) is 0 Å². The van der Waals surface area contributed by atoms with Gasteiger partial charge in [-0.05, 0) is 55.3 Å². The topological polar surface area (TPSA) is 84.5 Å². The van der Waals surface area contributed by atoms with E-state index < -0.39 is 29.1 Å². The van der Waals surface area contributed by atoms with Gasteiger partial charge in [0.25, 0.3) is 11.5 Å². The van der Waals surface area contributed by atoms with Crippen LogP contribution in [0.3, 0.4) is 0 Å². The second-order valence-corrected chi connectivity index (χ2v) is 9.31. The summed E-state index contributed by atoms with van der Waals surface area (Å²) < 4.78 is 31.2. The number of rotatable bonds is 8. The molecule has 0 bridgehead atoms. The Balaban J connectivity index is 1.98. The van der Waals surface area contributed by atoms with Crippen LogP contribution in [0.2, 0.25) is 5.02 Å². The van der Waals surface area contributed by atoms with Crippen molar-refractivity contribution in [2.45, 2.75) is 26.3 Å². The Morgan fingerprint density at radius 2 is 1.84 bits per heavy atom. The Bertz CT molecular complexity index is 1540. The zero-order valence-corrected chi connectivity index (χ0v) is 22.0. The minimum atomic E-state index is -0.980. The fraction of sp³-hybridized carbons (Fsp3) is 0.250. The Morgan fingerprint density at radius 3 is 2.50 bits per heavy atom. The van der Waals surface area contributed by atoms with Crippen LogP contribution in [0.4, 0.5) is 14.5 Å². The summed E-state index contributed by atoms with van der Waals surface area (Å²) >= 11 is 6.20. The van der Waals surface area contributed by atoms with Gasteiger partial charge in [0.15, 0.2) is 5.82 Å². The quantitative estimate of drug-likeness (QED) is 0.337. The molecule has 0 saturated heterocycles. The zero-order chi connectivity index (χ0) is 27.6. The van der Waals surface area contributed by atoms with E-state index in [9.17, 15) is 14.0 Å². The van der Waals surface area contributed by atoms with Gasteiger partial charge in [0.05, 0.1) is 22.6 Å². The molecule has 198 valence electrons. The SMILES string of the molecule is CCC(c1nc2cc(Cl)ccc2c(=O)n1N(C)c1ccccc1)N(CCN)C(=O)c1c(F)ccc(C)c1F. The van der Waals surface area contributed by atoms with E-state index in [2.05, 4.69) is 0 Å². The first-order valence-electron chi connectivity index (χ1n) is 12.2. The number of nitrogens with two attached hydrogens (primary N) is 1. The van der Waals surface area contributed by atoms with Gasteiger partial charge in [0, 0.05) is 25.2 Å². The fourth-order valence-electron chi connectivity index (χ4n) is 4.51. The van der Waals surface area contributed by atoms with Crippen LogP contribution in [0, 0.1) is 18.6 Å². The van der Waals surface area contributed by atoms with E-state index in [4.69, 9.17) is 22.3 Å². The Morgan fingerprint density at radius 1 is 1.13 bits per heavy atom. The van der Waals surface area contributed by atoms with E-state index >= 15 is 4.39 Å². The predicted molar refractivity (Wildman–Crippen MR) is 145 cm³/mol. The predicted octanol–water partition coefficient (Wildman–Crippen LogP) is 5.09. The van der Waals surface area contributed by atoms with Gasteiger partial charge >= 0.3 is 0 Å². The molecule has 7 nitrogen and oxygen atoms in total. The lowest BCUT2D eigenvalue weighted by Gasteiger charge is -2.34. The van der Waals surface area contributed by atoms with Crippen molar-refractivity contribution in [2.24, 2.45) is 5.73 Å². The first kappa shape index (κ1) is 27.2. The van der Waals surface area contributed by atoms with Crippen LogP contribution in [0.25, 0.3) is 10.9 Å². The van der Waals surface area contributed by atoms with Crippen molar-refractivity contribution in [3.63, 3.8) is 0 Å². The largest absolute Gasteiger partial charge is 0.329 e. The van der Waals surface area contributed by atoms with Crippen LogP contribution >= 0.6 is 11.6 Å². The van der Waals surface area contributed by atoms with E-state index in [0.29, 0.717) is 21.6 Å². The van der Waals surface area contributed by atoms with E-state index in [1.54, 1.807) is 37.2 Å². The molecule has 1 aromatic heterocycles. The molecule has 0 saturated carbocycles. The van der Waals surface area contributed by atoms with Crippen LogP contribution in [0.15, 0.2) is 65.5 Å². The second kappa shape index (κ2) is 11.3. The molecule has 0 fully saturated rings. The summed E-state index contributed by atoms with van der Waals surface area (Å²) in [6.45, 7) is 3.25. The number of aryl methyl sites for hydroxylation is 1. The van der Waals surface area contributed by atoms with Gasteiger partial charge in [0.2, 0.25) is 0 Å². The average Bonchev–Trinajstić information content (AvgIpc) is 2.91. The first-order chi connectivity index (χ1) is 18.2. The summed E-state index contributed by atoms with van der Waals surface area (Å²) in [7, 11) is 1.70. The third kappa shape index (κ3) is 4.99. The molecule has 38 heavy (non-hydrogen) atoms. The Kier molecular flexibility index (Phi) is 8.08. The van der Waals surface area contributed by atoms with Gasteiger partial charge in [-0.3, -0.25) is 14.6 Å². The molecule has 0 aliphatic heterocycles. The molecular formula is C28H28ClF2N5O2. The van der Waals surface area contributed by atoms with Crippen LogP contribution < -0.4 is 16.3 Å². The van der Waals surface area contributed by atoms with E-state index in [-0.39, 0.29) is 36.5 Å². The molecule has 2 N–H and O–H groups in total. The molecule has 3 aromatic carbocycles. The minimum Gasteiger partial charge on any atom is -0.329 e. The van der Waals surface area contributed by atoms with Crippen LogP contribution in [-0.4, -0.2) is 40.6 Å². The minimum absolute atomic E-state index is 0.0233. The number of para-hydroxylation sites is 1. The summed E-state index contributed by atoms with van der Waals surface area (Å²) in [6.07, 6.45) is 0.280. The maximum Gasteiger partial charge on any atom is 0.280 e. The number of amides is 1. The van der Waals surface area contributed by atoms with Crippen molar-refractivity contribution in [3.8, 4) is 0 Å². The molecule has 0 spiro atoms. The molecule has 10 heteroatoms. The maximum atomic E-state index is 15.0. The number of carbonyl (C=O) groups excluding carboxylic acids is 1. The lowest BCUT2D eigenvalue weighted by molar-refractivity contribution is 0.0653. The second-order valence-electron chi connectivity index (χ2n) is 8.87. The van der Waals surface area contributed by atoms with E-state index in [1.165, 1.54) is 22.6 Å². The molecule has 0 aliphatic carbocycles. The number of hydrogen-bond donors (Lipinski definition) is 1. The number of fused-ring (bicyclic) bond motifs is 1. The maximum absolute atomic E-state index is 15.0. The zero-order valence-electron chi connectivity index (χ0n) is 21.3. The van der Waals surface area contributed by atoms with Crippen molar-refractivity contribution < 1.29 is 13.6 Å². The smallest absolute Gasteiger partial charge is 0.280 e. The molecular weight excluding hydrogens is 512 g/mol. The number of anilines is 1. The summed E-state index contributed by atoms with van der Waals surface area (Å²) in [5.74, 6) is -2.60. The summed E-state index contributed by atoms with van der Waals surface area (Å²) in [5.41, 5.74) is 5.95. The molecule has 1 unspecified atom stereocenters. The van der Waals surface area contributed by atoms with Gasteiger partial charge in [-0.1, -0.05) is 42.8 Å². The van der Waals surface area contributed by atoms with Crippen molar-refractivity contribution in [2.75, 3.05) is 25.1 Å². The molecule has 4 aromatic rings. The van der Waals surface area contributed by atoms with Gasteiger partial charge < -0.3 is 10.6 Å². The fourth-order valence-corrected chi connectivity index (χ4v) is 4.67. The number of aromatic nitrogens is 2. The Labute approximate surface area is 224 Å². The number of nitrogens with zero attached hydrogens (tertiary/aromatic N) is 4. The van der Waals surface area contributed by atoms with Crippen LogP contribution in [0.1, 0.15) is 41.1 Å². The van der Waals surface area contributed by atoms with Crippen LogP contribution in [-0.2, 0) is 0 Å².